The minimum Gasteiger partial charge on any atom is -0.444 e. The van der Waals surface area contributed by atoms with E-state index >= 15 is 0 Å². The molecule has 0 atom stereocenters. The lowest BCUT2D eigenvalue weighted by Gasteiger charge is -2.40. The number of benzene rings is 1. The first-order valence-electron chi connectivity index (χ1n) is 11.4. The third kappa shape index (κ3) is 8.16. The number of aliphatic hydroxyl groups excluding tert-OH is 1. The molecule has 0 unspecified atom stereocenters. The molecule has 0 bridgehead atoms. The Labute approximate surface area is 213 Å². The standard InChI is InChI=1S/C23H36FN5O3.HI/c1-5-25-21(27-17-14-29(15-17)22(31)32-23(2,3)4)26-13-16-6-7-20(19(24)12-16)28-10-8-18(30)9-11-28;/h6-7,12,17-18,30H,5,8-11,13-15H2,1-4H3,(H2,25,26,27);1H. The Balaban J connectivity index is 0.00000385. The van der Waals surface area contributed by atoms with Crippen LogP contribution in [0.25, 0.3) is 0 Å². The van der Waals surface area contributed by atoms with Crippen molar-refractivity contribution in [1.29, 1.82) is 0 Å². The van der Waals surface area contributed by atoms with Crippen molar-refractivity contribution in [2.45, 2.75) is 64.8 Å². The van der Waals surface area contributed by atoms with Crippen molar-refractivity contribution in [1.82, 2.24) is 15.5 Å². The van der Waals surface area contributed by atoms with Gasteiger partial charge in [0.1, 0.15) is 11.4 Å². The average Bonchev–Trinajstić information content (AvgIpc) is 2.68. The lowest BCUT2D eigenvalue weighted by molar-refractivity contribution is 0.00700. The van der Waals surface area contributed by atoms with Crippen LogP contribution in [0.15, 0.2) is 23.2 Å². The second-order valence-electron chi connectivity index (χ2n) is 9.43. The van der Waals surface area contributed by atoms with Crippen LogP contribution in [-0.2, 0) is 11.3 Å². The van der Waals surface area contributed by atoms with Gasteiger partial charge in [-0.3, -0.25) is 0 Å². The second kappa shape index (κ2) is 12.0. The van der Waals surface area contributed by atoms with Crippen LogP contribution in [0.1, 0.15) is 46.1 Å². The normalized spacial score (nSPS) is 17.8. The molecular weight excluding hydrogens is 540 g/mol. The maximum absolute atomic E-state index is 14.7. The molecule has 186 valence electrons. The van der Waals surface area contributed by atoms with Crippen molar-refractivity contribution in [3.05, 3.63) is 29.6 Å². The second-order valence-corrected chi connectivity index (χ2v) is 9.43. The monoisotopic (exact) mass is 577 g/mol. The van der Waals surface area contributed by atoms with E-state index in [1.165, 1.54) is 6.07 Å². The summed E-state index contributed by atoms with van der Waals surface area (Å²) >= 11 is 0. The Morgan fingerprint density at radius 3 is 2.52 bits per heavy atom. The molecule has 2 aliphatic heterocycles. The molecule has 2 heterocycles. The van der Waals surface area contributed by atoms with Crippen LogP contribution in [0.3, 0.4) is 0 Å². The van der Waals surface area contributed by atoms with Crippen molar-refractivity contribution in [2.75, 3.05) is 37.6 Å². The Morgan fingerprint density at radius 1 is 1.27 bits per heavy atom. The number of rotatable bonds is 5. The van der Waals surface area contributed by atoms with Gasteiger partial charge in [-0.2, -0.15) is 0 Å². The zero-order chi connectivity index (χ0) is 23.3. The van der Waals surface area contributed by atoms with Gasteiger partial charge in [0, 0.05) is 32.7 Å². The van der Waals surface area contributed by atoms with Crippen molar-refractivity contribution < 1.29 is 19.0 Å². The van der Waals surface area contributed by atoms with Crippen molar-refractivity contribution >= 4 is 41.7 Å². The fourth-order valence-corrected chi connectivity index (χ4v) is 3.74. The molecule has 1 aromatic rings. The van der Waals surface area contributed by atoms with E-state index < -0.39 is 5.60 Å². The lowest BCUT2D eigenvalue weighted by atomic mass is 10.1. The van der Waals surface area contributed by atoms with Crippen molar-refractivity contribution in [3.8, 4) is 0 Å². The van der Waals surface area contributed by atoms with Gasteiger partial charge < -0.3 is 30.3 Å². The molecule has 33 heavy (non-hydrogen) atoms. The molecule has 1 amide bonds. The summed E-state index contributed by atoms with van der Waals surface area (Å²) in [7, 11) is 0. The van der Waals surface area contributed by atoms with Gasteiger partial charge >= 0.3 is 6.09 Å². The van der Waals surface area contributed by atoms with Gasteiger partial charge in [-0.25, -0.2) is 14.2 Å². The summed E-state index contributed by atoms with van der Waals surface area (Å²) in [5, 5.41) is 16.2. The molecule has 1 aromatic carbocycles. The van der Waals surface area contributed by atoms with Gasteiger partial charge in [0.2, 0.25) is 0 Å². The van der Waals surface area contributed by atoms with E-state index in [0.717, 1.165) is 5.56 Å². The van der Waals surface area contributed by atoms with Crippen LogP contribution in [-0.4, -0.2) is 72.5 Å². The zero-order valence-corrected chi connectivity index (χ0v) is 22.3. The van der Waals surface area contributed by atoms with Gasteiger partial charge in [-0.15, -0.1) is 24.0 Å². The van der Waals surface area contributed by atoms with Crippen LogP contribution in [0, 0.1) is 5.82 Å². The van der Waals surface area contributed by atoms with E-state index in [9.17, 15) is 14.3 Å². The average molecular weight is 577 g/mol. The van der Waals surface area contributed by atoms with Gasteiger partial charge in [-0.1, -0.05) is 6.07 Å². The molecule has 0 saturated carbocycles. The number of likely N-dealkylation sites (tertiary alicyclic amines) is 1. The molecule has 3 rings (SSSR count). The number of amides is 1. The van der Waals surface area contributed by atoms with Gasteiger partial charge in [0.25, 0.3) is 0 Å². The number of piperidine rings is 1. The lowest BCUT2D eigenvalue weighted by Crippen LogP contribution is -2.63. The van der Waals surface area contributed by atoms with E-state index in [2.05, 4.69) is 15.6 Å². The Morgan fingerprint density at radius 2 is 1.94 bits per heavy atom. The first-order chi connectivity index (χ1) is 15.1. The number of aliphatic hydroxyl groups is 1. The van der Waals surface area contributed by atoms with Crippen molar-refractivity contribution in [3.63, 3.8) is 0 Å². The molecule has 2 aliphatic rings. The summed E-state index contributed by atoms with van der Waals surface area (Å²) in [6, 6.07) is 5.31. The summed E-state index contributed by atoms with van der Waals surface area (Å²) in [6.07, 6.45) is 0.730. The first kappa shape index (κ1) is 27.4. The minimum absolute atomic E-state index is 0. The zero-order valence-electron chi connectivity index (χ0n) is 19.9. The van der Waals surface area contributed by atoms with E-state index in [-0.39, 0.29) is 48.0 Å². The number of carbonyl (C=O) groups excluding carboxylic acids is 1. The quantitative estimate of drug-likeness (QED) is 0.283. The molecule has 8 nitrogen and oxygen atoms in total. The maximum Gasteiger partial charge on any atom is 0.410 e. The van der Waals surface area contributed by atoms with E-state index in [0.29, 0.717) is 63.8 Å². The fourth-order valence-electron chi connectivity index (χ4n) is 3.74. The smallest absolute Gasteiger partial charge is 0.410 e. The third-order valence-electron chi connectivity index (χ3n) is 5.46. The summed E-state index contributed by atoms with van der Waals surface area (Å²) in [4.78, 5) is 20.3. The molecule has 0 radical (unpaired) electrons. The van der Waals surface area contributed by atoms with Crippen LogP contribution in [0.4, 0.5) is 14.9 Å². The largest absolute Gasteiger partial charge is 0.444 e. The molecule has 10 heteroatoms. The summed E-state index contributed by atoms with van der Waals surface area (Å²) in [5.74, 6) is 0.370. The van der Waals surface area contributed by atoms with Crippen LogP contribution in [0.5, 0.6) is 0 Å². The Bertz CT molecular complexity index is 819. The number of halogens is 2. The number of ether oxygens (including phenoxy) is 1. The number of anilines is 1. The molecule has 2 saturated heterocycles. The predicted molar refractivity (Wildman–Crippen MR) is 139 cm³/mol. The van der Waals surface area contributed by atoms with Crippen LogP contribution < -0.4 is 15.5 Å². The molecule has 0 aromatic heterocycles. The van der Waals surface area contributed by atoms with E-state index in [4.69, 9.17) is 4.74 Å². The molecule has 0 aliphatic carbocycles. The van der Waals surface area contributed by atoms with Gasteiger partial charge in [-0.05, 0) is 58.2 Å². The Kier molecular flexibility index (Phi) is 10.0. The summed E-state index contributed by atoms with van der Waals surface area (Å²) in [6.45, 7) is 11.0. The highest BCUT2D eigenvalue weighted by Crippen LogP contribution is 2.24. The van der Waals surface area contributed by atoms with E-state index in [1.807, 2.05) is 38.7 Å². The third-order valence-corrected chi connectivity index (χ3v) is 5.46. The number of hydrogen-bond acceptors (Lipinski definition) is 5. The summed E-state index contributed by atoms with van der Waals surface area (Å²) < 4.78 is 20.1. The SMILES string of the molecule is CCNC(=NCc1ccc(N2CCC(O)CC2)c(F)c1)NC1CN(C(=O)OC(C)(C)C)C1.I. The maximum atomic E-state index is 14.7. The number of hydrogen-bond donors (Lipinski definition) is 3. The minimum atomic E-state index is -0.508. The highest BCUT2D eigenvalue weighted by atomic mass is 127. The predicted octanol–water partition coefficient (Wildman–Crippen LogP) is 3.08. The van der Waals surface area contributed by atoms with E-state index in [1.54, 1.807) is 11.0 Å². The number of nitrogens with one attached hydrogen (secondary N) is 2. The van der Waals surface area contributed by atoms with Crippen molar-refractivity contribution in [2.24, 2.45) is 4.99 Å². The number of nitrogens with zero attached hydrogens (tertiary/aromatic N) is 3. The number of guanidine groups is 1. The molecule has 2 fully saturated rings. The summed E-state index contributed by atoms with van der Waals surface area (Å²) in [5.41, 5.74) is 0.849. The highest BCUT2D eigenvalue weighted by molar-refractivity contribution is 14.0. The van der Waals surface area contributed by atoms with Gasteiger partial charge in [0.15, 0.2) is 5.96 Å². The van der Waals surface area contributed by atoms with Crippen LogP contribution in [0.2, 0.25) is 0 Å². The van der Waals surface area contributed by atoms with Crippen LogP contribution >= 0.6 is 24.0 Å². The highest BCUT2D eigenvalue weighted by Gasteiger charge is 2.34. The first-order valence-corrected chi connectivity index (χ1v) is 11.4. The topological polar surface area (TPSA) is 89.4 Å². The number of aliphatic imine (C=N–C) groups is 1. The molecule has 3 N–H and O–H groups in total. The molecule has 0 spiro atoms. The van der Waals surface area contributed by atoms with Gasteiger partial charge in [0.05, 0.1) is 24.4 Å². The number of carbonyl (C=O) groups is 1. The molecular formula is C23H37FIN5O3. The Hall–Kier alpha value is -1.82. The fraction of sp³-hybridized carbons (Fsp3) is 0.652.